The van der Waals surface area contributed by atoms with Crippen molar-refractivity contribution < 1.29 is 4.79 Å². The van der Waals surface area contributed by atoms with Gasteiger partial charge in [0.1, 0.15) is 29.4 Å². The van der Waals surface area contributed by atoms with Crippen molar-refractivity contribution >= 4 is 23.2 Å². The summed E-state index contributed by atoms with van der Waals surface area (Å²) >= 11 is 0. The van der Waals surface area contributed by atoms with E-state index in [0.29, 0.717) is 24.1 Å². The lowest BCUT2D eigenvalue weighted by Crippen LogP contribution is -2.16. The molecule has 1 amide bonds. The van der Waals surface area contributed by atoms with E-state index in [1.807, 2.05) is 19.2 Å². The van der Waals surface area contributed by atoms with Crippen LogP contribution in [0.25, 0.3) is 5.65 Å². The predicted molar refractivity (Wildman–Crippen MR) is 123 cm³/mol. The first-order valence-electron chi connectivity index (χ1n) is 11.3. The van der Waals surface area contributed by atoms with Crippen LogP contribution in [0.4, 0.5) is 11.6 Å². The molecular weight excluding hydrogens is 416 g/mol. The van der Waals surface area contributed by atoms with Crippen molar-refractivity contribution in [3.05, 3.63) is 72.0 Å². The molecule has 2 aliphatic rings. The van der Waals surface area contributed by atoms with E-state index in [-0.39, 0.29) is 17.7 Å². The Morgan fingerprint density at radius 3 is 2.82 bits per heavy atom. The summed E-state index contributed by atoms with van der Waals surface area (Å²) in [7, 11) is 0. The number of hydrogen-bond acceptors (Lipinski definition) is 7. The molecule has 6 rings (SSSR count). The Morgan fingerprint density at radius 1 is 1.09 bits per heavy atom. The standard InChI is InChI=1S/C24H24N8O/c1-14-6-7-25-23(29-14)18-8-19(18)24(33)31-21-9-20(27-13-28-21)26-10-17-12-32-11-16(15-2-3-15)4-5-22(32)30-17/h4-7,9,11-13,15,18-19H,2-3,8,10H2,1H3,(H2,26,27,28,31,33). The Hall–Kier alpha value is -3.88. The number of anilines is 2. The number of imidazole rings is 1. The first-order valence-corrected chi connectivity index (χ1v) is 11.3. The van der Waals surface area contributed by atoms with Crippen molar-refractivity contribution in [2.45, 2.75) is 44.6 Å². The van der Waals surface area contributed by atoms with Crippen molar-refractivity contribution in [2.24, 2.45) is 5.92 Å². The number of pyridine rings is 1. The maximum absolute atomic E-state index is 12.7. The van der Waals surface area contributed by atoms with Gasteiger partial charge in [0.15, 0.2) is 0 Å². The molecule has 166 valence electrons. The summed E-state index contributed by atoms with van der Waals surface area (Å²) in [5.41, 5.74) is 4.14. The molecule has 2 atom stereocenters. The van der Waals surface area contributed by atoms with Crippen LogP contribution in [0, 0.1) is 12.8 Å². The number of amides is 1. The molecule has 2 unspecified atom stereocenters. The first-order chi connectivity index (χ1) is 16.1. The molecule has 0 spiro atoms. The Morgan fingerprint density at radius 2 is 1.97 bits per heavy atom. The third-order valence-corrected chi connectivity index (χ3v) is 6.21. The summed E-state index contributed by atoms with van der Waals surface area (Å²) in [6, 6.07) is 7.84. The van der Waals surface area contributed by atoms with E-state index in [4.69, 9.17) is 0 Å². The van der Waals surface area contributed by atoms with Crippen LogP contribution in [-0.4, -0.2) is 35.2 Å². The zero-order valence-corrected chi connectivity index (χ0v) is 18.3. The Bertz CT molecular complexity index is 1350. The molecule has 4 heterocycles. The lowest BCUT2D eigenvalue weighted by molar-refractivity contribution is -0.117. The molecule has 33 heavy (non-hydrogen) atoms. The lowest BCUT2D eigenvalue weighted by Gasteiger charge is -2.07. The van der Waals surface area contributed by atoms with Crippen LogP contribution < -0.4 is 10.6 Å². The lowest BCUT2D eigenvalue weighted by atomic mass is 10.2. The Kier molecular flexibility index (Phi) is 4.74. The molecule has 0 aromatic carbocycles. The maximum atomic E-state index is 12.7. The second-order valence-electron chi connectivity index (χ2n) is 8.87. The first kappa shape index (κ1) is 19.8. The van der Waals surface area contributed by atoms with E-state index in [1.54, 1.807) is 12.3 Å². The van der Waals surface area contributed by atoms with Gasteiger partial charge in [0.25, 0.3) is 0 Å². The normalized spacial score (nSPS) is 19.4. The molecule has 0 bridgehead atoms. The number of nitrogens with zero attached hydrogens (tertiary/aromatic N) is 6. The van der Waals surface area contributed by atoms with Gasteiger partial charge >= 0.3 is 0 Å². The number of carbonyl (C=O) groups is 1. The highest BCUT2D eigenvalue weighted by molar-refractivity contribution is 5.94. The van der Waals surface area contributed by atoms with Gasteiger partial charge in [-0.25, -0.2) is 24.9 Å². The van der Waals surface area contributed by atoms with Gasteiger partial charge in [-0.05, 0) is 49.8 Å². The summed E-state index contributed by atoms with van der Waals surface area (Å²) in [4.78, 5) is 34.5. The molecule has 0 aliphatic heterocycles. The monoisotopic (exact) mass is 440 g/mol. The highest BCUT2D eigenvalue weighted by Crippen LogP contribution is 2.46. The summed E-state index contributed by atoms with van der Waals surface area (Å²) < 4.78 is 2.08. The highest BCUT2D eigenvalue weighted by Gasteiger charge is 2.46. The molecule has 9 heteroatoms. The molecule has 0 radical (unpaired) electrons. The van der Waals surface area contributed by atoms with E-state index in [1.165, 1.54) is 24.7 Å². The topological polar surface area (TPSA) is 110 Å². The van der Waals surface area contributed by atoms with Crippen LogP contribution in [0.1, 0.15) is 53.9 Å². The van der Waals surface area contributed by atoms with Crippen LogP contribution in [0.2, 0.25) is 0 Å². The van der Waals surface area contributed by atoms with Gasteiger partial charge in [0.2, 0.25) is 5.91 Å². The van der Waals surface area contributed by atoms with Gasteiger partial charge in [-0.3, -0.25) is 4.79 Å². The van der Waals surface area contributed by atoms with Gasteiger partial charge in [0.05, 0.1) is 12.2 Å². The number of carbonyl (C=O) groups excluding carboxylic acids is 1. The van der Waals surface area contributed by atoms with Crippen LogP contribution >= 0.6 is 0 Å². The van der Waals surface area contributed by atoms with Crippen molar-refractivity contribution in [1.29, 1.82) is 0 Å². The van der Waals surface area contributed by atoms with Crippen LogP contribution in [0.5, 0.6) is 0 Å². The summed E-state index contributed by atoms with van der Waals surface area (Å²) in [5.74, 6) is 2.42. The maximum Gasteiger partial charge on any atom is 0.229 e. The number of hydrogen-bond donors (Lipinski definition) is 2. The van der Waals surface area contributed by atoms with Crippen LogP contribution in [-0.2, 0) is 11.3 Å². The molecular formula is C24H24N8O. The number of rotatable bonds is 7. The van der Waals surface area contributed by atoms with Gasteiger partial charge in [-0.15, -0.1) is 0 Å². The molecule has 4 aromatic rings. The quantitative estimate of drug-likeness (QED) is 0.453. The molecule has 4 aromatic heterocycles. The third kappa shape index (κ3) is 4.26. The number of nitrogens with one attached hydrogen (secondary N) is 2. The Balaban J connectivity index is 1.08. The van der Waals surface area contributed by atoms with Crippen molar-refractivity contribution in [3.63, 3.8) is 0 Å². The van der Waals surface area contributed by atoms with Crippen molar-refractivity contribution in [2.75, 3.05) is 10.6 Å². The average molecular weight is 441 g/mol. The number of aryl methyl sites for hydroxylation is 1. The van der Waals surface area contributed by atoms with E-state index in [0.717, 1.165) is 29.3 Å². The summed E-state index contributed by atoms with van der Waals surface area (Å²) in [5, 5.41) is 6.17. The van der Waals surface area contributed by atoms with E-state index in [2.05, 4.69) is 58.3 Å². The van der Waals surface area contributed by atoms with Gasteiger partial charge in [0, 0.05) is 42.2 Å². The highest BCUT2D eigenvalue weighted by atomic mass is 16.2. The van der Waals surface area contributed by atoms with E-state index in [9.17, 15) is 4.79 Å². The molecule has 2 N–H and O–H groups in total. The zero-order valence-electron chi connectivity index (χ0n) is 18.3. The fraction of sp³-hybridized carbons (Fsp3) is 0.333. The minimum Gasteiger partial charge on any atom is -0.364 e. The Labute approximate surface area is 190 Å². The van der Waals surface area contributed by atoms with E-state index < -0.39 is 0 Å². The second-order valence-corrected chi connectivity index (χ2v) is 8.87. The number of fused-ring (bicyclic) bond motifs is 1. The van der Waals surface area contributed by atoms with Crippen LogP contribution in [0.15, 0.2) is 49.2 Å². The molecule has 0 saturated heterocycles. The largest absolute Gasteiger partial charge is 0.364 e. The smallest absolute Gasteiger partial charge is 0.229 e. The summed E-state index contributed by atoms with van der Waals surface area (Å²) in [6.07, 6.45) is 10.7. The fourth-order valence-corrected chi connectivity index (χ4v) is 4.14. The predicted octanol–water partition coefficient (Wildman–Crippen LogP) is 3.45. The third-order valence-electron chi connectivity index (χ3n) is 6.21. The average Bonchev–Trinajstić information content (AvgIpc) is 3.74. The SMILES string of the molecule is Cc1ccnc(C2CC2C(=O)Nc2cc(NCc3cn4cc(C5CC5)ccc4n3)ncn2)n1. The fourth-order valence-electron chi connectivity index (χ4n) is 4.14. The van der Waals surface area contributed by atoms with Gasteiger partial charge < -0.3 is 15.0 Å². The zero-order chi connectivity index (χ0) is 22.4. The molecule has 9 nitrogen and oxygen atoms in total. The van der Waals surface area contributed by atoms with Crippen LogP contribution in [0.3, 0.4) is 0 Å². The molecule has 2 saturated carbocycles. The molecule has 2 fully saturated rings. The second kappa shape index (κ2) is 7.91. The minimum absolute atomic E-state index is 0.0680. The van der Waals surface area contributed by atoms with Gasteiger partial charge in [-0.2, -0.15) is 0 Å². The molecule has 2 aliphatic carbocycles. The van der Waals surface area contributed by atoms with E-state index >= 15 is 0 Å². The van der Waals surface area contributed by atoms with Gasteiger partial charge in [-0.1, -0.05) is 6.07 Å². The van der Waals surface area contributed by atoms with Crippen molar-refractivity contribution in [1.82, 2.24) is 29.3 Å². The van der Waals surface area contributed by atoms with Crippen molar-refractivity contribution in [3.8, 4) is 0 Å². The summed E-state index contributed by atoms with van der Waals surface area (Å²) in [6.45, 7) is 2.45. The minimum atomic E-state index is -0.128. The number of aromatic nitrogens is 6.